The zero-order chi connectivity index (χ0) is 15.1. The molecular weight excluding hydrogens is 276 g/mol. The number of benzene rings is 1. The van der Waals surface area contributed by atoms with Gasteiger partial charge in [-0.1, -0.05) is 18.9 Å². The quantitative estimate of drug-likeness (QED) is 0.788. The number of hydrazone groups is 1. The van der Waals surface area contributed by atoms with Gasteiger partial charge in [-0.15, -0.1) is 0 Å². The lowest BCUT2D eigenvalue weighted by Gasteiger charge is -2.24. The Balaban J connectivity index is 1.64. The largest absolute Gasteiger partial charge is 0.465 e. The summed E-state index contributed by atoms with van der Waals surface area (Å²) in [5, 5.41) is 7.31. The van der Waals surface area contributed by atoms with Gasteiger partial charge in [0.25, 0.3) is 0 Å². The molecule has 0 N–H and O–H groups in total. The number of nitrogens with zero attached hydrogens (tertiary/aromatic N) is 2. The topological polar surface area (TPSA) is 41.9 Å². The summed E-state index contributed by atoms with van der Waals surface area (Å²) >= 11 is 0. The van der Waals surface area contributed by atoms with Crippen LogP contribution in [0.1, 0.15) is 53.6 Å². The van der Waals surface area contributed by atoms with Crippen LogP contribution in [0.25, 0.3) is 0 Å². The van der Waals surface area contributed by atoms with Gasteiger partial charge in [0.1, 0.15) is 0 Å². The Bertz CT molecular complexity index is 632. The van der Waals surface area contributed by atoms with Crippen molar-refractivity contribution in [1.29, 1.82) is 0 Å². The van der Waals surface area contributed by atoms with Crippen molar-refractivity contribution in [1.82, 2.24) is 5.01 Å². The first kappa shape index (κ1) is 13.8. The van der Waals surface area contributed by atoms with Crippen molar-refractivity contribution in [3.05, 3.63) is 34.9 Å². The average Bonchev–Trinajstić information content (AvgIpc) is 3.22. The van der Waals surface area contributed by atoms with E-state index in [2.05, 4.69) is 11.1 Å². The van der Waals surface area contributed by atoms with Crippen LogP contribution < -0.4 is 0 Å². The van der Waals surface area contributed by atoms with Crippen molar-refractivity contribution in [2.75, 3.05) is 13.7 Å². The van der Waals surface area contributed by atoms with Crippen molar-refractivity contribution in [2.24, 2.45) is 11.0 Å². The molecule has 3 aliphatic rings. The number of aryl methyl sites for hydroxylation is 1. The zero-order valence-corrected chi connectivity index (χ0v) is 13.0. The highest BCUT2D eigenvalue weighted by Gasteiger charge is 2.35. The lowest BCUT2D eigenvalue weighted by molar-refractivity contribution is 0.0600. The number of carbonyl (C=O) groups is 1. The number of methoxy groups -OCH3 is 1. The average molecular weight is 298 g/mol. The third-order valence-corrected chi connectivity index (χ3v) is 5.34. The number of ether oxygens (including phenoxy) is 1. The van der Waals surface area contributed by atoms with Crippen molar-refractivity contribution in [3.8, 4) is 0 Å². The van der Waals surface area contributed by atoms with Crippen LogP contribution in [0.2, 0.25) is 0 Å². The standard InChI is InChI=1S/C18H22N2O2/c1-22-18(21)13-8-9-16-12(10-13)6-7-14-11-20(19-17(14)16)15-4-2-3-5-15/h8-10,14-15H,2-7,11H2,1H3. The molecule has 0 aromatic heterocycles. The summed E-state index contributed by atoms with van der Waals surface area (Å²) in [5.74, 6) is 0.308. The summed E-state index contributed by atoms with van der Waals surface area (Å²) in [4.78, 5) is 11.7. The molecule has 4 rings (SSSR count). The molecule has 1 saturated carbocycles. The number of rotatable bonds is 2. The predicted molar refractivity (Wildman–Crippen MR) is 85.1 cm³/mol. The molecule has 1 aromatic rings. The van der Waals surface area contributed by atoms with E-state index in [-0.39, 0.29) is 5.97 Å². The minimum atomic E-state index is -0.258. The molecule has 1 heterocycles. The van der Waals surface area contributed by atoms with E-state index in [4.69, 9.17) is 9.84 Å². The van der Waals surface area contributed by atoms with Gasteiger partial charge in [-0.05, 0) is 43.4 Å². The van der Waals surface area contributed by atoms with Crippen LogP contribution in [0, 0.1) is 5.92 Å². The molecule has 0 bridgehead atoms. The summed E-state index contributed by atoms with van der Waals surface area (Å²) < 4.78 is 4.82. The van der Waals surface area contributed by atoms with E-state index < -0.39 is 0 Å². The molecular formula is C18H22N2O2. The van der Waals surface area contributed by atoms with Gasteiger partial charge in [0.2, 0.25) is 0 Å². The molecule has 116 valence electrons. The van der Waals surface area contributed by atoms with E-state index in [1.165, 1.54) is 49.6 Å². The van der Waals surface area contributed by atoms with Gasteiger partial charge in [0.15, 0.2) is 0 Å². The summed E-state index contributed by atoms with van der Waals surface area (Å²) in [6.07, 6.45) is 7.43. The van der Waals surface area contributed by atoms with E-state index >= 15 is 0 Å². The fourth-order valence-corrected chi connectivity index (χ4v) is 4.13. The number of carbonyl (C=O) groups excluding carboxylic acids is 1. The third-order valence-electron chi connectivity index (χ3n) is 5.34. The molecule has 22 heavy (non-hydrogen) atoms. The first-order valence-electron chi connectivity index (χ1n) is 8.33. The molecule has 1 aliphatic heterocycles. The highest BCUT2D eigenvalue weighted by atomic mass is 16.5. The summed E-state index contributed by atoms with van der Waals surface area (Å²) in [6.45, 7) is 1.08. The third kappa shape index (κ3) is 2.21. The Morgan fingerprint density at radius 1 is 1.27 bits per heavy atom. The predicted octanol–water partition coefficient (Wildman–Crippen LogP) is 3.00. The van der Waals surface area contributed by atoms with Gasteiger partial charge in [0.05, 0.1) is 18.4 Å². The monoisotopic (exact) mass is 298 g/mol. The van der Waals surface area contributed by atoms with Crippen LogP contribution in [0.5, 0.6) is 0 Å². The number of hydrogen-bond acceptors (Lipinski definition) is 4. The molecule has 1 atom stereocenters. The number of hydrogen-bond donors (Lipinski definition) is 0. The molecule has 4 heteroatoms. The first-order chi connectivity index (χ1) is 10.8. The minimum absolute atomic E-state index is 0.258. The Morgan fingerprint density at radius 3 is 2.86 bits per heavy atom. The molecule has 4 nitrogen and oxygen atoms in total. The summed E-state index contributed by atoms with van der Waals surface area (Å²) in [5.41, 5.74) is 4.37. The van der Waals surface area contributed by atoms with Crippen molar-refractivity contribution in [3.63, 3.8) is 0 Å². The maximum atomic E-state index is 11.7. The fourth-order valence-electron chi connectivity index (χ4n) is 4.13. The van der Waals surface area contributed by atoms with Gasteiger partial charge < -0.3 is 4.74 Å². The Labute approximate surface area is 131 Å². The molecule has 0 spiro atoms. The Morgan fingerprint density at radius 2 is 2.09 bits per heavy atom. The Kier molecular flexibility index (Phi) is 3.40. The van der Waals surface area contributed by atoms with Crippen molar-refractivity contribution >= 4 is 11.7 Å². The molecule has 2 aliphatic carbocycles. The van der Waals surface area contributed by atoms with Crippen LogP contribution in [0.3, 0.4) is 0 Å². The second-order valence-corrected chi connectivity index (χ2v) is 6.64. The second kappa shape index (κ2) is 5.41. The van der Waals surface area contributed by atoms with E-state index in [1.54, 1.807) is 0 Å². The van der Waals surface area contributed by atoms with E-state index in [0.29, 0.717) is 17.5 Å². The summed E-state index contributed by atoms with van der Waals surface area (Å²) in [7, 11) is 1.43. The maximum absolute atomic E-state index is 11.7. The molecule has 0 saturated heterocycles. The smallest absolute Gasteiger partial charge is 0.337 e. The van der Waals surface area contributed by atoms with Gasteiger partial charge >= 0.3 is 5.97 Å². The molecule has 1 unspecified atom stereocenters. The maximum Gasteiger partial charge on any atom is 0.337 e. The normalized spacial score (nSPS) is 24.0. The van der Waals surface area contributed by atoms with Crippen LogP contribution in [-0.4, -0.2) is 36.4 Å². The van der Waals surface area contributed by atoms with Crippen molar-refractivity contribution < 1.29 is 9.53 Å². The van der Waals surface area contributed by atoms with E-state index in [0.717, 1.165) is 19.4 Å². The van der Waals surface area contributed by atoms with E-state index in [1.807, 2.05) is 12.1 Å². The van der Waals surface area contributed by atoms with Crippen LogP contribution >= 0.6 is 0 Å². The Hall–Kier alpha value is -1.84. The minimum Gasteiger partial charge on any atom is -0.465 e. The van der Waals surface area contributed by atoms with E-state index in [9.17, 15) is 4.79 Å². The zero-order valence-electron chi connectivity index (χ0n) is 13.0. The summed E-state index contributed by atoms with van der Waals surface area (Å²) in [6, 6.07) is 6.56. The first-order valence-corrected chi connectivity index (χ1v) is 8.33. The van der Waals surface area contributed by atoms with Gasteiger partial charge in [-0.25, -0.2) is 4.79 Å². The SMILES string of the molecule is COC(=O)c1ccc2c(c1)CCC1CN(C3CCCC3)N=C21. The molecule has 0 amide bonds. The second-order valence-electron chi connectivity index (χ2n) is 6.64. The lowest BCUT2D eigenvalue weighted by Crippen LogP contribution is -2.29. The van der Waals surface area contributed by atoms with Crippen LogP contribution in [0.4, 0.5) is 0 Å². The van der Waals surface area contributed by atoms with Gasteiger partial charge in [-0.2, -0.15) is 5.10 Å². The lowest BCUT2D eigenvalue weighted by atomic mass is 9.82. The van der Waals surface area contributed by atoms with Gasteiger partial charge in [-0.3, -0.25) is 5.01 Å². The van der Waals surface area contributed by atoms with Crippen molar-refractivity contribution in [2.45, 2.75) is 44.6 Å². The highest BCUT2D eigenvalue weighted by molar-refractivity contribution is 6.06. The van der Waals surface area contributed by atoms with Crippen LogP contribution in [-0.2, 0) is 11.2 Å². The fraction of sp³-hybridized carbons (Fsp3) is 0.556. The molecule has 1 fully saturated rings. The molecule has 1 aromatic carbocycles. The number of esters is 1. The highest BCUT2D eigenvalue weighted by Crippen LogP contribution is 2.35. The molecule has 0 radical (unpaired) electrons. The number of fused-ring (bicyclic) bond motifs is 3. The van der Waals surface area contributed by atoms with Gasteiger partial charge in [0, 0.05) is 24.1 Å². The van der Waals surface area contributed by atoms with Crippen LogP contribution in [0.15, 0.2) is 23.3 Å².